The standard InChI is InChI=1S/C11H17N3O/c12-14-11(9-4-3-7-15-8-9)10-5-1-2-6-13-10/h1-2,5-6,9,11,14H,3-4,7-8,12H2. The van der Waals surface area contributed by atoms with Crippen LogP contribution >= 0.6 is 0 Å². The summed E-state index contributed by atoms with van der Waals surface area (Å²) in [6, 6.07) is 6.00. The van der Waals surface area contributed by atoms with Gasteiger partial charge in [0.25, 0.3) is 0 Å². The quantitative estimate of drug-likeness (QED) is 0.573. The highest BCUT2D eigenvalue weighted by Crippen LogP contribution is 2.26. The van der Waals surface area contributed by atoms with Crippen molar-refractivity contribution in [1.29, 1.82) is 0 Å². The van der Waals surface area contributed by atoms with Gasteiger partial charge in [-0.1, -0.05) is 6.07 Å². The van der Waals surface area contributed by atoms with Gasteiger partial charge in [0.1, 0.15) is 0 Å². The van der Waals surface area contributed by atoms with Crippen LogP contribution < -0.4 is 11.3 Å². The largest absolute Gasteiger partial charge is 0.381 e. The first kappa shape index (κ1) is 10.5. The van der Waals surface area contributed by atoms with E-state index in [1.807, 2.05) is 18.2 Å². The summed E-state index contributed by atoms with van der Waals surface area (Å²) in [6.45, 7) is 1.64. The third-order valence-corrected chi connectivity index (χ3v) is 2.85. The van der Waals surface area contributed by atoms with Gasteiger partial charge in [0, 0.05) is 18.7 Å². The number of hydrazine groups is 1. The minimum Gasteiger partial charge on any atom is -0.381 e. The van der Waals surface area contributed by atoms with Gasteiger partial charge in [0.15, 0.2) is 0 Å². The van der Waals surface area contributed by atoms with Crippen LogP contribution in [-0.4, -0.2) is 18.2 Å². The highest BCUT2D eigenvalue weighted by molar-refractivity contribution is 5.09. The van der Waals surface area contributed by atoms with Crippen LogP contribution in [0.5, 0.6) is 0 Å². The van der Waals surface area contributed by atoms with Gasteiger partial charge in [-0.3, -0.25) is 16.3 Å². The highest BCUT2D eigenvalue weighted by Gasteiger charge is 2.25. The van der Waals surface area contributed by atoms with Crippen molar-refractivity contribution < 1.29 is 4.74 Å². The Morgan fingerprint density at radius 2 is 2.47 bits per heavy atom. The molecule has 0 aliphatic carbocycles. The van der Waals surface area contributed by atoms with Crippen LogP contribution in [0.2, 0.25) is 0 Å². The molecule has 1 aromatic rings. The van der Waals surface area contributed by atoms with Crippen molar-refractivity contribution in [2.75, 3.05) is 13.2 Å². The molecule has 1 fully saturated rings. The molecular formula is C11H17N3O. The normalized spacial score (nSPS) is 23.7. The van der Waals surface area contributed by atoms with Crippen LogP contribution in [0.4, 0.5) is 0 Å². The zero-order valence-electron chi connectivity index (χ0n) is 8.73. The van der Waals surface area contributed by atoms with Crippen molar-refractivity contribution in [1.82, 2.24) is 10.4 Å². The molecule has 0 spiro atoms. The average molecular weight is 207 g/mol. The number of hydrogen-bond acceptors (Lipinski definition) is 4. The fourth-order valence-corrected chi connectivity index (χ4v) is 2.05. The number of aromatic nitrogens is 1. The second-order valence-electron chi connectivity index (χ2n) is 3.88. The summed E-state index contributed by atoms with van der Waals surface area (Å²) in [4.78, 5) is 4.33. The topological polar surface area (TPSA) is 60.2 Å². The lowest BCUT2D eigenvalue weighted by molar-refractivity contribution is 0.0383. The van der Waals surface area contributed by atoms with Crippen molar-refractivity contribution in [3.63, 3.8) is 0 Å². The Morgan fingerprint density at radius 3 is 3.07 bits per heavy atom. The van der Waals surface area contributed by atoms with E-state index in [1.165, 1.54) is 0 Å². The van der Waals surface area contributed by atoms with Gasteiger partial charge >= 0.3 is 0 Å². The molecule has 4 nitrogen and oxygen atoms in total. The molecule has 0 bridgehead atoms. The van der Waals surface area contributed by atoms with Gasteiger partial charge in [0.2, 0.25) is 0 Å². The minimum atomic E-state index is 0.103. The number of nitrogens with zero attached hydrogens (tertiary/aromatic N) is 1. The monoisotopic (exact) mass is 207 g/mol. The summed E-state index contributed by atoms with van der Waals surface area (Å²) < 4.78 is 5.46. The lowest BCUT2D eigenvalue weighted by Gasteiger charge is -2.29. The van der Waals surface area contributed by atoms with Crippen molar-refractivity contribution in [2.45, 2.75) is 18.9 Å². The SMILES string of the molecule is NNC(c1ccccn1)C1CCCOC1. The van der Waals surface area contributed by atoms with E-state index < -0.39 is 0 Å². The van der Waals surface area contributed by atoms with Gasteiger partial charge in [-0.15, -0.1) is 0 Å². The third-order valence-electron chi connectivity index (χ3n) is 2.85. The predicted octanol–water partition coefficient (Wildman–Crippen LogP) is 1.01. The first-order valence-corrected chi connectivity index (χ1v) is 5.36. The molecule has 1 aliphatic heterocycles. The molecule has 2 heterocycles. The maximum Gasteiger partial charge on any atom is 0.0682 e. The van der Waals surface area contributed by atoms with Crippen LogP contribution in [0.1, 0.15) is 24.6 Å². The van der Waals surface area contributed by atoms with Gasteiger partial charge in [-0.25, -0.2) is 0 Å². The van der Waals surface area contributed by atoms with Crippen molar-refractivity contribution in [3.8, 4) is 0 Å². The number of ether oxygens (including phenoxy) is 1. The van der Waals surface area contributed by atoms with Crippen LogP contribution in [0.25, 0.3) is 0 Å². The number of hydrogen-bond donors (Lipinski definition) is 2. The fraction of sp³-hybridized carbons (Fsp3) is 0.545. The van der Waals surface area contributed by atoms with Gasteiger partial charge in [0.05, 0.1) is 18.3 Å². The van der Waals surface area contributed by atoms with Crippen molar-refractivity contribution in [3.05, 3.63) is 30.1 Å². The summed E-state index contributed by atoms with van der Waals surface area (Å²) in [7, 11) is 0. The van der Waals surface area contributed by atoms with E-state index in [9.17, 15) is 0 Å². The molecular weight excluding hydrogens is 190 g/mol. The summed E-state index contributed by atoms with van der Waals surface area (Å²) in [5.41, 5.74) is 3.84. The molecule has 1 saturated heterocycles. The molecule has 1 aliphatic rings. The molecule has 3 N–H and O–H groups in total. The lowest BCUT2D eigenvalue weighted by Crippen LogP contribution is -2.37. The Morgan fingerprint density at radius 1 is 1.53 bits per heavy atom. The van der Waals surface area contributed by atoms with E-state index in [-0.39, 0.29) is 6.04 Å². The van der Waals surface area contributed by atoms with E-state index in [2.05, 4.69) is 10.4 Å². The van der Waals surface area contributed by atoms with E-state index in [0.29, 0.717) is 5.92 Å². The van der Waals surface area contributed by atoms with E-state index in [4.69, 9.17) is 10.6 Å². The van der Waals surface area contributed by atoms with E-state index >= 15 is 0 Å². The third kappa shape index (κ3) is 2.53. The number of nitrogens with two attached hydrogens (primary N) is 1. The molecule has 0 radical (unpaired) electrons. The van der Waals surface area contributed by atoms with Crippen molar-refractivity contribution >= 4 is 0 Å². The molecule has 15 heavy (non-hydrogen) atoms. The van der Waals surface area contributed by atoms with Gasteiger partial charge in [-0.05, 0) is 25.0 Å². The average Bonchev–Trinajstić information content (AvgIpc) is 2.33. The Bertz CT molecular complexity index is 285. The maximum atomic E-state index is 5.59. The second-order valence-corrected chi connectivity index (χ2v) is 3.88. The Balaban J connectivity index is 2.09. The fourth-order valence-electron chi connectivity index (χ4n) is 2.05. The van der Waals surface area contributed by atoms with Crippen LogP contribution in [0.15, 0.2) is 24.4 Å². The molecule has 2 rings (SSSR count). The summed E-state index contributed by atoms with van der Waals surface area (Å²) in [5.74, 6) is 6.02. The number of pyridine rings is 1. The first-order valence-electron chi connectivity index (χ1n) is 5.36. The zero-order chi connectivity index (χ0) is 10.5. The lowest BCUT2D eigenvalue weighted by atomic mass is 9.92. The van der Waals surface area contributed by atoms with E-state index in [1.54, 1.807) is 6.20 Å². The van der Waals surface area contributed by atoms with Gasteiger partial charge < -0.3 is 4.74 Å². The van der Waals surface area contributed by atoms with Crippen LogP contribution in [0.3, 0.4) is 0 Å². The second kappa shape index (κ2) is 5.21. The number of rotatable bonds is 3. The van der Waals surface area contributed by atoms with Crippen LogP contribution in [-0.2, 0) is 4.74 Å². The first-order chi connectivity index (χ1) is 7.42. The van der Waals surface area contributed by atoms with Crippen LogP contribution in [0, 0.1) is 5.92 Å². The smallest absolute Gasteiger partial charge is 0.0682 e. The predicted molar refractivity (Wildman–Crippen MR) is 57.8 cm³/mol. The molecule has 0 aromatic carbocycles. The minimum absolute atomic E-state index is 0.103. The molecule has 82 valence electrons. The number of nitrogens with one attached hydrogen (secondary N) is 1. The Hall–Kier alpha value is -0.970. The highest BCUT2D eigenvalue weighted by atomic mass is 16.5. The molecule has 4 heteroatoms. The van der Waals surface area contributed by atoms with Gasteiger partial charge in [-0.2, -0.15) is 0 Å². The Kier molecular flexibility index (Phi) is 3.66. The Labute approximate surface area is 89.8 Å². The summed E-state index contributed by atoms with van der Waals surface area (Å²) in [5, 5.41) is 0. The van der Waals surface area contributed by atoms with Crippen molar-refractivity contribution in [2.24, 2.45) is 11.8 Å². The maximum absolute atomic E-state index is 5.59. The molecule has 1 aromatic heterocycles. The zero-order valence-corrected chi connectivity index (χ0v) is 8.73. The molecule has 2 unspecified atom stereocenters. The molecule has 0 saturated carbocycles. The van der Waals surface area contributed by atoms with E-state index in [0.717, 1.165) is 31.7 Å². The molecule has 0 amide bonds. The summed E-state index contributed by atoms with van der Waals surface area (Å²) >= 11 is 0. The molecule has 2 atom stereocenters. The summed E-state index contributed by atoms with van der Waals surface area (Å²) in [6.07, 6.45) is 4.05.